The number of rotatable bonds is 5. The van der Waals surface area contributed by atoms with Crippen molar-refractivity contribution in [2.75, 3.05) is 37.7 Å². The summed E-state index contributed by atoms with van der Waals surface area (Å²) in [5, 5.41) is 7.07. The van der Waals surface area contributed by atoms with Gasteiger partial charge >= 0.3 is 6.03 Å². The standard InChI is InChI=1S/C18H25N5O2/c1-3-25-17-7-5-4-6-16(17)22-8-10-23(11-9-22)18(24)19-12-15-13-20-21(2)14-15/h4-7,13-14H,3,8-12H2,1-2H3,(H,19,24). The molecule has 2 heterocycles. The number of nitrogens with zero attached hydrogens (tertiary/aromatic N) is 4. The Morgan fingerprint density at radius 3 is 2.68 bits per heavy atom. The second-order valence-electron chi connectivity index (χ2n) is 6.06. The molecular weight excluding hydrogens is 318 g/mol. The molecule has 0 radical (unpaired) electrons. The van der Waals surface area contributed by atoms with Crippen LogP contribution in [0.2, 0.25) is 0 Å². The van der Waals surface area contributed by atoms with E-state index in [-0.39, 0.29) is 6.03 Å². The average Bonchev–Trinajstić information content (AvgIpc) is 3.06. The lowest BCUT2D eigenvalue weighted by molar-refractivity contribution is 0.194. The molecule has 25 heavy (non-hydrogen) atoms. The van der Waals surface area contributed by atoms with Gasteiger partial charge in [0.25, 0.3) is 0 Å². The number of urea groups is 1. The van der Waals surface area contributed by atoms with E-state index in [2.05, 4.69) is 21.4 Å². The van der Waals surface area contributed by atoms with Crippen LogP contribution in [0, 0.1) is 0 Å². The SMILES string of the molecule is CCOc1ccccc1N1CCN(C(=O)NCc2cnn(C)c2)CC1. The van der Waals surface area contributed by atoms with Crippen LogP contribution >= 0.6 is 0 Å². The molecule has 1 N–H and O–H groups in total. The molecule has 1 fully saturated rings. The zero-order valence-electron chi connectivity index (χ0n) is 14.8. The highest BCUT2D eigenvalue weighted by Gasteiger charge is 2.22. The normalized spacial score (nSPS) is 14.5. The number of hydrogen-bond acceptors (Lipinski definition) is 4. The maximum Gasteiger partial charge on any atom is 0.317 e. The molecular formula is C18H25N5O2. The van der Waals surface area contributed by atoms with Crippen LogP contribution in [0.15, 0.2) is 36.7 Å². The van der Waals surface area contributed by atoms with Gasteiger partial charge in [-0.05, 0) is 19.1 Å². The van der Waals surface area contributed by atoms with Crippen molar-refractivity contribution in [1.82, 2.24) is 20.0 Å². The monoisotopic (exact) mass is 343 g/mol. The highest BCUT2D eigenvalue weighted by Crippen LogP contribution is 2.28. The fourth-order valence-electron chi connectivity index (χ4n) is 3.00. The van der Waals surface area contributed by atoms with Crippen LogP contribution in [0.3, 0.4) is 0 Å². The van der Waals surface area contributed by atoms with Gasteiger partial charge in [-0.3, -0.25) is 4.68 Å². The van der Waals surface area contributed by atoms with E-state index in [0.717, 1.165) is 30.1 Å². The molecule has 0 spiro atoms. The van der Waals surface area contributed by atoms with Gasteiger partial charge in [0, 0.05) is 51.5 Å². The summed E-state index contributed by atoms with van der Waals surface area (Å²) in [5.74, 6) is 0.902. The summed E-state index contributed by atoms with van der Waals surface area (Å²) in [6.45, 7) is 6.11. The number of anilines is 1. The molecule has 7 heteroatoms. The minimum absolute atomic E-state index is 0.0263. The molecule has 1 aliphatic rings. The molecule has 0 aliphatic carbocycles. The fourth-order valence-corrected chi connectivity index (χ4v) is 3.00. The van der Waals surface area contributed by atoms with E-state index in [9.17, 15) is 4.79 Å². The van der Waals surface area contributed by atoms with E-state index in [1.807, 2.05) is 43.3 Å². The zero-order chi connectivity index (χ0) is 17.6. The molecule has 0 bridgehead atoms. The van der Waals surface area contributed by atoms with Crippen LogP contribution in [0.25, 0.3) is 0 Å². The number of amides is 2. The lowest BCUT2D eigenvalue weighted by Crippen LogP contribution is -2.51. The molecule has 2 amide bonds. The van der Waals surface area contributed by atoms with E-state index in [1.165, 1.54) is 0 Å². The Balaban J connectivity index is 1.52. The van der Waals surface area contributed by atoms with E-state index in [4.69, 9.17) is 4.74 Å². The lowest BCUT2D eigenvalue weighted by Gasteiger charge is -2.36. The smallest absolute Gasteiger partial charge is 0.317 e. The van der Waals surface area contributed by atoms with E-state index < -0.39 is 0 Å². The number of aryl methyl sites for hydroxylation is 1. The number of para-hydroxylation sites is 2. The summed E-state index contributed by atoms with van der Waals surface area (Å²) in [5.41, 5.74) is 2.10. The predicted molar refractivity (Wildman–Crippen MR) is 96.8 cm³/mol. The van der Waals surface area contributed by atoms with Crippen molar-refractivity contribution < 1.29 is 9.53 Å². The maximum absolute atomic E-state index is 12.3. The first-order valence-corrected chi connectivity index (χ1v) is 8.64. The summed E-state index contributed by atoms with van der Waals surface area (Å²) in [7, 11) is 1.87. The minimum Gasteiger partial charge on any atom is -0.492 e. The van der Waals surface area contributed by atoms with Gasteiger partial charge in [0.05, 0.1) is 18.5 Å². The van der Waals surface area contributed by atoms with Gasteiger partial charge in [-0.25, -0.2) is 4.79 Å². The summed E-state index contributed by atoms with van der Waals surface area (Å²) < 4.78 is 7.44. The molecule has 0 saturated carbocycles. The van der Waals surface area contributed by atoms with Crippen molar-refractivity contribution in [3.8, 4) is 5.75 Å². The van der Waals surface area contributed by atoms with Gasteiger partial charge < -0.3 is 19.9 Å². The number of carbonyl (C=O) groups excluding carboxylic acids is 1. The van der Waals surface area contributed by atoms with Crippen molar-refractivity contribution >= 4 is 11.7 Å². The van der Waals surface area contributed by atoms with Crippen LogP contribution in [0.1, 0.15) is 12.5 Å². The highest BCUT2D eigenvalue weighted by atomic mass is 16.5. The first kappa shape index (κ1) is 17.1. The second kappa shape index (κ2) is 7.92. The summed E-state index contributed by atoms with van der Waals surface area (Å²) in [6, 6.07) is 8.04. The van der Waals surface area contributed by atoms with E-state index in [1.54, 1.807) is 10.9 Å². The summed E-state index contributed by atoms with van der Waals surface area (Å²) in [6.07, 6.45) is 3.67. The van der Waals surface area contributed by atoms with Gasteiger partial charge in [-0.2, -0.15) is 5.10 Å². The number of carbonyl (C=O) groups is 1. The fraction of sp³-hybridized carbons (Fsp3) is 0.444. The summed E-state index contributed by atoms with van der Waals surface area (Å²) >= 11 is 0. The third-order valence-corrected chi connectivity index (χ3v) is 4.27. The largest absolute Gasteiger partial charge is 0.492 e. The molecule has 134 valence electrons. The predicted octanol–water partition coefficient (Wildman–Crippen LogP) is 1.85. The number of nitrogens with one attached hydrogen (secondary N) is 1. The number of benzene rings is 1. The average molecular weight is 343 g/mol. The van der Waals surface area contributed by atoms with Crippen molar-refractivity contribution in [1.29, 1.82) is 0 Å². The molecule has 0 atom stereocenters. The van der Waals surface area contributed by atoms with Crippen molar-refractivity contribution in [3.63, 3.8) is 0 Å². The van der Waals surface area contributed by atoms with E-state index in [0.29, 0.717) is 26.2 Å². The Morgan fingerprint density at radius 1 is 1.24 bits per heavy atom. The minimum atomic E-state index is -0.0263. The van der Waals surface area contributed by atoms with Gasteiger partial charge in [-0.1, -0.05) is 12.1 Å². The van der Waals surface area contributed by atoms with Gasteiger partial charge in [-0.15, -0.1) is 0 Å². The summed E-state index contributed by atoms with van der Waals surface area (Å²) in [4.78, 5) is 16.5. The number of ether oxygens (including phenoxy) is 1. The van der Waals surface area contributed by atoms with Crippen molar-refractivity contribution in [2.24, 2.45) is 7.05 Å². The van der Waals surface area contributed by atoms with Crippen LogP contribution < -0.4 is 15.0 Å². The number of aromatic nitrogens is 2. The zero-order valence-corrected chi connectivity index (χ0v) is 14.8. The quantitative estimate of drug-likeness (QED) is 0.900. The third kappa shape index (κ3) is 4.23. The Labute approximate surface area is 148 Å². The Bertz CT molecular complexity index is 707. The van der Waals surface area contributed by atoms with Gasteiger partial charge in [0.1, 0.15) is 5.75 Å². The molecule has 3 rings (SSSR count). The first-order valence-electron chi connectivity index (χ1n) is 8.64. The second-order valence-corrected chi connectivity index (χ2v) is 6.06. The molecule has 7 nitrogen and oxygen atoms in total. The number of piperazine rings is 1. The number of hydrogen-bond donors (Lipinski definition) is 1. The van der Waals surface area contributed by atoms with Crippen LogP contribution in [-0.2, 0) is 13.6 Å². The van der Waals surface area contributed by atoms with Crippen LogP contribution in [0.4, 0.5) is 10.5 Å². The topological polar surface area (TPSA) is 62.6 Å². The molecule has 1 saturated heterocycles. The first-order chi connectivity index (χ1) is 12.2. The Hall–Kier alpha value is -2.70. The Morgan fingerprint density at radius 2 is 2.00 bits per heavy atom. The maximum atomic E-state index is 12.3. The molecule has 0 unspecified atom stereocenters. The lowest BCUT2D eigenvalue weighted by atomic mass is 10.2. The van der Waals surface area contributed by atoms with Crippen LogP contribution in [0.5, 0.6) is 5.75 Å². The van der Waals surface area contributed by atoms with Crippen molar-refractivity contribution in [2.45, 2.75) is 13.5 Å². The van der Waals surface area contributed by atoms with Crippen LogP contribution in [-0.4, -0.2) is 53.5 Å². The third-order valence-electron chi connectivity index (χ3n) is 4.27. The Kier molecular flexibility index (Phi) is 5.42. The molecule has 2 aromatic rings. The highest BCUT2D eigenvalue weighted by molar-refractivity contribution is 5.74. The van der Waals surface area contributed by atoms with Crippen molar-refractivity contribution in [3.05, 3.63) is 42.2 Å². The van der Waals surface area contributed by atoms with Gasteiger partial charge in [0.2, 0.25) is 0 Å². The molecule has 1 aliphatic heterocycles. The molecule has 1 aromatic carbocycles. The van der Waals surface area contributed by atoms with Gasteiger partial charge in [0.15, 0.2) is 0 Å². The van der Waals surface area contributed by atoms with E-state index >= 15 is 0 Å². The molecule has 1 aromatic heterocycles.